The lowest BCUT2D eigenvalue weighted by molar-refractivity contribution is -0.159. The number of benzene rings is 2. The molecule has 2 aromatic carbocycles. The van der Waals surface area contributed by atoms with Gasteiger partial charge in [-0.1, -0.05) is 55.5 Å². The van der Waals surface area contributed by atoms with E-state index in [2.05, 4.69) is 20.9 Å². The molecule has 11 nitrogen and oxygen atoms in total. The van der Waals surface area contributed by atoms with Gasteiger partial charge in [-0.25, -0.2) is 14.4 Å². The molecule has 0 bridgehead atoms. The Bertz CT molecular complexity index is 1460. The summed E-state index contributed by atoms with van der Waals surface area (Å²) in [6.07, 6.45) is 1.80. The molecule has 0 saturated heterocycles. The van der Waals surface area contributed by atoms with Gasteiger partial charge in [0.25, 0.3) is 0 Å². The second kappa shape index (κ2) is 16.1. The molecule has 3 rings (SSSR count). The van der Waals surface area contributed by atoms with Crippen LogP contribution >= 0.6 is 0 Å². The maximum absolute atomic E-state index is 13.9. The molecule has 0 fully saturated rings. The molecule has 0 aliphatic rings. The summed E-state index contributed by atoms with van der Waals surface area (Å²) < 4.78 is 16.3. The summed E-state index contributed by atoms with van der Waals surface area (Å²) in [5.74, 6) is -1.64. The molecule has 11 heteroatoms. The molecule has 4 N–H and O–H groups in total. The Morgan fingerprint density at radius 3 is 2.13 bits per heavy atom. The van der Waals surface area contributed by atoms with Crippen LogP contribution in [0.15, 0.2) is 60.8 Å². The summed E-state index contributed by atoms with van der Waals surface area (Å²) in [5, 5.41) is 9.18. The number of carbonyl (C=O) groups is 4. The third-order valence-corrected chi connectivity index (χ3v) is 6.98. The van der Waals surface area contributed by atoms with Crippen LogP contribution in [0.1, 0.15) is 84.8 Å². The molecule has 0 spiro atoms. The van der Waals surface area contributed by atoms with Gasteiger partial charge < -0.3 is 35.1 Å². The van der Waals surface area contributed by atoms with E-state index < -0.39 is 53.3 Å². The third kappa shape index (κ3) is 11.8. The molecule has 46 heavy (non-hydrogen) atoms. The molecule has 1 aromatic heterocycles. The number of alkyl carbamates (subject to hydrolysis) is 2. The lowest BCUT2D eigenvalue weighted by Gasteiger charge is -2.29. The minimum absolute atomic E-state index is 0.162. The fourth-order valence-electron chi connectivity index (χ4n) is 4.82. The van der Waals surface area contributed by atoms with Gasteiger partial charge in [0.15, 0.2) is 0 Å². The Morgan fingerprint density at radius 1 is 0.804 bits per heavy atom. The topological polar surface area (TPSA) is 148 Å². The van der Waals surface area contributed by atoms with Gasteiger partial charge >= 0.3 is 18.2 Å². The zero-order chi connectivity index (χ0) is 33.9. The van der Waals surface area contributed by atoms with Crippen LogP contribution in [0.5, 0.6) is 0 Å². The monoisotopic (exact) mass is 636 g/mol. The fraction of sp³-hybridized carbons (Fsp3) is 0.486. The number of hydrogen-bond donors (Lipinski definition) is 4. The number of aromatic nitrogens is 1. The van der Waals surface area contributed by atoms with Gasteiger partial charge in [-0.3, -0.25) is 4.79 Å². The molecular weight excluding hydrogens is 588 g/mol. The number of para-hydroxylation sites is 1. The number of rotatable bonds is 13. The normalized spacial score (nSPS) is 13.6. The van der Waals surface area contributed by atoms with E-state index in [1.54, 1.807) is 41.5 Å². The highest BCUT2D eigenvalue weighted by atomic mass is 16.6. The van der Waals surface area contributed by atoms with Crippen LogP contribution in [0.2, 0.25) is 0 Å². The van der Waals surface area contributed by atoms with E-state index in [1.807, 2.05) is 67.7 Å². The minimum Gasteiger partial charge on any atom is -0.458 e. The van der Waals surface area contributed by atoms with Crippen LogP contribution in [0, 0.1) is 0 Å². The van der Waals surface area contributed by atoms with Crippen LogP contribution < -0.4 is 16.0 Å². The molecule has 250 valence electrons. The van der Waals surface area contributed by atoms with Crippen molar-refractivity contribution in [2.45, 2.75) is 104 Å². The van der Waals surface area contributed by atoms with Crippen LogP contribution in [0.25, 0.3) is 10.9 Å². The van der Waals surface area contributed by atoms with Crippen LogP contribution in [0.4, 0.5) is 9.59 Å². The summed E-state index contributed by atoms with van der Waals surface area (Å²) in [7, 11) is 0. The van der Waals surface area contributed by atoms with Crippen LogP contribution in [0.3, 0.4) is 0 Å². The Balaban J connectivity index is 1.69. The number of H-pyrrole nitrogens is 1. The zero-order valence-electron chi connectivity index (χ0n) is 27.9. The molecule has 0 aliphatic carbocycles. The van der Waals surface area contributed by atoms with Crippen molar-refractivity contribution in [2.75, 3.05) is 6.54 Å². The fourth-order valence-corrected chi connectivity index (χ4v) is 4.82. The van der Waals surface area contributed by atoms with Gasteiger partial charge in [0.2, 0.25) is 5.91 Å². The van der Waals surface area contributed by atoms with Crippen molar-refractivity contribution in [3.8, 4) is 0 Å². The smallest absolute Gasteiger partial charge is 0.408 e. The average molecular weight is 637 g/mol. The molecule has 0 saturated carbocycles. The maximum Gasteiger partial charge on any atom is 0.408 e. The molecule has 3 aromatic rings. The van der Waals surface area contributed by atoms with Crippen molar-refractivity contribution < 1.29 is 33.4 Å². The van der Waals surface area contributed by atoms with Crippen LogP contribution in [-0.4, -0.2) is 58.9 Å². The third-order valence-electron chi connectivity index (χ3n) is 6.98. The highest BCUT2D eigenvalue weighted by molar-refractivity contribution is 5.92. The molecule has 0 radical (unpaired) electrons. The van der Waals surface area contributed by atoms with E-state index in [0.29, 0.717) is 19.4 Å². The minimum atomic E-state index is -1.07. The number of unbranched alkanes of at least 4 members (excludes halogenated alkanes) is 1. The molecule has 1 heterocycles. The standard InChI is InChI=1S/C35H48N4O7/c1-23(26-21-37-27-18-12-11-17-25(26)27)29(39-33(43)46-35(5,6)7)30(40)38-28(31(41)45-34(2,3)4)19-13-14-20-36-32(42)44-22-24-15-9-8-10-16-24/h8-12,15-18,21,23,28-29,37H,13-14,19-20,22H2,1-7H3,(H,36,42)(H,38,40)(H,39,43)/t23?,28-,29?/m0/s1. The Morgan fingerprint density at radius 2 is 1.46 bits per heavy atom. The largest absolute Gasteiger partial charge is 0.458 e. The van der Waals surface area contributed by atoms with Gasteiger partial charge in [-0.15, -0.1) is 0 Å². The van der Waals surface area contributed by atoms with E-state index in [4.69, 9.17) is 14.2 Å². The van der Waals surface area contributed by atoms with Crippen molar-refractivity contribution >= 4 is 35.0 Å². The second-order valence-corrected chi connectivity index (χ2v) is 13.3. The Labute approximate surface area is 271 Å². The highest BCUT2D eigenvalue weighted by Crippen LogP contribution is 2.28. The van der Waals surface area contributed by atoms with E-state index >= 15 is 0 Å². The number of amides is 3. The molecule has 0 aliphatic heterocycles. The first-order valence-corrected chi connectivity index (χ1v) is 15.7. The van der Waals surface area contributed by atoms with Gasteiger partial charge in [0.1, 0.15) is 29.9 Å². The van der Waals surface area contributed by atoms with E-state index in [-0.39, 0.29) is 13.0 Å². The van der Waals surface area contributed by atoms with E-state index in [9.17, 15) is 19.2 Å². The van der Waals surface area contributed by atoms with Crippen molar-refractivity contribution in [1.29, 1.82) is 0 Å². The Kier molecular flexibility index (Phi) is 12.6. The second-order valence-electron chi connectivity index (χ2n) is 13.3. The number of fused-ring (bicyclic) bond motifs is 1. The van der Waals surface area contributed by atoms with Crippen molar-refractivity contribution in [3.05, 3.63) is 71.9 Å². The van der Waals surface area contributed by atoms with Gasteiger partial charge in [0.05, 0.1) is 0 Å². The van der Waals surface area contributed by atoms with Gasteiger partial charge in [-0.2, -0.15) is 0 Å². The lowest BCUT2D eigenvalue weighted by atomic mass is 9.92. The number of nitrogens with one attached hydrogen (secondary N) is 4. The summed E-state index contributed by atoms with van der Waals surface area (Å²) in [6.45, 7) is 12.8. The maximum atomic E-state index is 13.9. The molecule has 3 atom stereocenters. The van der Waals surface area contributed by atoms with Crippen molar-refractivity contribution in [2.24, 2.45) is 0 Å². The summed E-state index contributed by atoms with van der Waals surface area (Å²) in [4.78, 5) is 55.3. The summed E-state index contributed by atoms with van der Waals surface area (Å²) >= 11 is 0. The highest BCUT2D eigenvalue weighted by Gasteiger charge is 2.35. The number of ether oxygens (including phenoxy) is 3. The van der Waals surface area contributed by atoms with Crippen LogP contribution in [-0.2, 0) is 30.4 Å². The van der Waals surface area contributed by atoms with E-state index in [1.165, 1.54) is 0 Å². The Hall–Kier alpha value is -4.54. The molecule has 3 amide bonds. The van der Waals surface area contributed by atoms with Gasteiger partial charge in [0, 0.05) is 29.6 Å². The predicted octanol–water partition coefficient (Wildman–Crippen LogP) is 6.09. The number of hydrogen-bond acceptors (Lipinski definition) is 7. The number of carbonyl (C=O) groups excluding carboxylic acids is 4. The zero-order valence-corrected chi connectivity index (χ0v) is 27.9. The summed E-state index contributed by atoms with van der Waals surface area (Å²) in [5.41, 5.74) is 1.04. The summed E-state index contributed by atoms with van der Waals surface area (Å²) in [6, 6.07) is 15.0. The van der Waals surface area contributed by atoms with Crippen molar-refractivity contribution in [3.63, 3.8) is 0 Å². The molecular formula is C35H48N4O7. The first kappa shape index (κ1) is 35.9. The SMILES string of the molecule is CC(c1c[nH]c2ccccc12)C(NC(=O)OC(C)(C)C)C(=O)N[C@@H](CCCCNC(=O)OCc1ccccc1)C(=O)OC(C)(C)C. The number of aromatic amines is 1. The average Bonchev–Trinajstić information content (AvgIpc) is 3.40. The first-order valence-electron chi connectivity index (χ1n) is 15.7. The van der Waals surface area contributed by atoms with E-state index in [0.717, 1.165) is 22.0 Å². The van der Waals surface area contributed by atoms with Crippen molar-refractivity contribution in [1.82, 2.24) is 20.9 Å². The quantitative estimate of drug-likeness (QED) is 0.101. The lowest BCUT2D eigenvalue weighted by Crippen LogP contribution is -2.54. The van der Waals surface area contributed by atoms with Gasteiger partial charge in [-0.05, 0) is 78.0 Å². The first-order chi connectivity index (χ1) is 21.6. The predicted molar refractivity (Wildman–Crippen MR) is 176 cm³/mol. The number of esters is 1. The molecule has 2 unspecified atom stereocenters.